The van der Waals surface area contributed by atoms with E-state index < -0.39 is 0 Å². The summed E-state index contributed by atoms with van der Waals surface area (Å²) in [4.78, 5) is 7.01. The van der Waals surface area contributed by atoms with Gasteiger partial charge in [0.25, 0.3) is 0 Å². The van der Waals surface area contributed by atoms with E-state index in [-0.39, 0.29) is 0 Å². The average molecular weight is 195 g/mol. The van der Waals surface area contributed by atoms with Crippen LogP contribution >= 0.6 is 12.2 Å². The molecule has 0 unspecified atom stereocenters. The van der Waals surface area contributed by atoms with Gasteiger partial charge in [0.2, 0.25) is 0 Å². The Hall–Kier alpha value is -1.43. The van der Waals surface area contributed by atoms with E-state index in [0.29, 0.717) is 11.3 Å². The molecule has 68 valence electrons. The van der Waals surface area contributed by atoms with E-state index >= 15 is 0 Å². The number of imidazole rings is 1. The highest BCUT2D eigenvalue weighted by molar-refractivity contribution is 7.71. The van der Waals surface area contributed by atoms with Crippen molar-refractivity contribution in [1.29, 1.82) is 0 Å². The predicted molar refractivity (Wildman–Crippen MR) is 49.7 cm³/mol. The fourth-order valence-electron chi connectivity index (χ4n) is 1.08. The predicted octanol–water partition coefficient (Wildman–Crippen LogP) is 0.722. The summed E-state index contributed by atoms with van der Waals surface area (Å²) in [5.74, 6) is 0.762. The van der Waals surface area contributed by atoms with Crippen molar-refractivity contribution in [3.8, 4) is 0 Å². The Bertz CT molecular complexity index is 451. The number of aryl methyl sites for hydroxylation is 1. The van der Waals surface area contributed by atoms with Gasteiger partial charge in [0.05, 0.1) is 6.54 Å². The molecule has 1 N–H and O–H groups in total. The van der Waals surface area contributed by atoms with Gasteiger partial charge in [-0.05, 0) is 12.2 Å². The first-order chi connectivity index (χ1) is 6.25. The summed E-state index contributed by atoms with van der Waals surface area (Å²) in [6.45, 7) is 0.614. The van der Waals surface area contributed by atoms with Crippen molar-refractivity contribution >= 4 is 12.2 Å². The third kappa shape index (κ3) is 1.67. The third-order valence-electron chi connectivity index (χ3n) is 1.68. The van der Waals surface area contributed by atoms with Crippen LogP contribution in [0.1, 0.15) is 5.82 Å². The highest BCUT2D eigenvalue weighted by Crippen LogP contribution is 1.96. The number of hydrogen-bond donors (Lipinski definition) is 1. The lowest BCUT2D eigenvalue weighted by atomic mass is 10.6. The summed E-state index contributed by atoms with van der Waals surface area (Å²) in [6, 6.07) is 0. The Morgan fingerprint density at radius 2 is 2.46 bits per heavy atom. The first kappa shape index (κ1) is 8.18. The molecule has 2 rings (SSSR count). The van der Waals surface area contributed by atoms with E-state index in [4.69, 9.17) is 12.2 Å². The molecular formula is C7H9N5S. The molecule has 0 saturated carbocycles. The lowest BCUT2D eigenvalue weighted by Crippen LogP contribution is -2.01. The molecule has 2 aromatic rings. The number of nitrogens with one attached hydrogen (secondary N) is 1. The smallest absolute Gasteiger partial charge is 0.177 e. The monoisotopic (exact) mass is 195 g/mol. The lowest BCUT2D eigenvalue weighted by molar-refractivity contribution is 0.697. The minimum absolute atomic E-state index is 0.614. The van der Waals surface area contributed by atoms with E-state index in [2.05, 4.69) is 15.1 Å². The van der Waals surface area contributed by atoms with Gasteiger partial charge in [-0.15, -0.1) is 0 Å². The molecule has 13 heavy (non-hydrogen) atoms. The number of H-pyrrole nitrogens is 1. The van der Waals surface area contributed by atoms with Gasteiger partial charge in [0.15, 0.2) is 10.6 Å². The van der Waals surface area contributed by atoms with Crippen molar-refractivity contribution in [3.63, 3.8) is 0 Å². The standard InChI is InChI=1S/C7H9N5S/c1-11-5-9-6(10-11)4-12-3-2-8-7(12)13/h2-3,5H,4H2,1H3,(H,8,13). The van der Waals surface area contributed by atoms with Crippen LogP contribution in [0.4, 0.5) is 0 Å². The van der Waals surface area contributed by atoms with Gasteiger partial charge in [0, 0.05) is 19.4 Å². The Kier molecular flexibility index (Phi) is 1.97. The quantitative estimate of drug-likeness (QED) is 0.718. The van der Waals surface area contributed by atoms with Crippen molar-refractivity contribution in [3.05, 3.63) is 29.3 Å². The van der Waals surface area contributed by atoms with Crippen LogP contribution in [0.2, 0.25) is 0 Å². The Labute approximate surface area is 80.0 Å². The van der Waals surface area contributed by atoms with E-state index in [1.54, 1.807) is 17.2 Å². The van der Waals surface area contributed by atoms with Crippen molar-refractivity contribution in [2.45, 2.75) is 6.54 Å². The van der Waals surface area contributed by atoms with Crippen LogP contribution in [0.3, 0.4) is 0 Å². The molecule has 0 amide bonds. The maximum absolute atomic E-state index is 5.04. The van der Waals surface area contributed by atoms with E-state index in [9.17, 15) is 0 Å². The maximum atomic E-state index is 5.04. The number of nitrogens with zero attached hydrogens (tertiary/aromatic N) is 4. The number of aromatic amines is 1. The summed E-state index contributed by atoms with van der Waals surface area (Å²) in [6.07, 6.45) is 5.34. The molecule has 2 heterocycles. The van der Waals surface area contributed by atoms with Gasteiger partial charge in [0.1, 0.15) is 6.33 Å². The van der Waals surface area contributed by atoms with Gasteiger partial charge < -0.3 is 9.55 Å². The molecule has 6 heteroatoms. The second kappa shape index (κ2) is 3.14. The highest BCUT2D eigenvalue weighted by Gasteiger charge is 1.99. The highest BCUT2D eigenvalue weighted by atomic mass is 32.1. The van der Waals surface area contributed by atoms with E-state index in [1.165, 1.54) is 0 Å². The maximum Gasteiger partial charge on any atom is 0.177 e. The number of hydrogen-bond acceptors (Lipinski definition) is 3. The third-order valence-corrected chi connectivity index (χ3v) is 2.03. The molecular weight excluding hydrogens is 186 g/mol. The van der Waals surface area contributed by atoms with Crippen LogP contribution in [-0.4, -0.2) is 24.3 Å². The van der Waals surface area contributed by atoms with Gasteiger partial charge in [-0.2, -0.15) is 5.10 Å². The molecule has 0 aromatic carbocycles. The topological polar surface area (TPSA) is 51.4 Å². The fourth-order valence-corrected chi connectivity index (χ4v) is 1.28. The molecule has 2 aromatic heterocycles. The van der Waals surface area contributed by atoms with Gasteiger partial charge in [-0.1, -0.05) is 0 Å². The number of rotatable bonds is 2. The Morgan fingerprint density at radius 3 is 3.00 bits per heavy atom. The van der Waals surface area contributed by atoms with Crippen LogP contribution in [0.25, 0.3) is 0 Å². The summed E-state index contributed by atoms with van der Waals surface area (Å²) in [5, 5.41) is 4.15. The van der Waals surface area contributed by atoms with Crippen LogP contribution in [0, 0.1) is 4.77 Å². The average Bonchev–Trinajstić information content (AvgIpc) is 2.64. The first-order valence-corrected chi connectivity index (χ1v) is 4.25. The molecule has 0 bridgehead atoms. The molecule has 0 atom stereocenters. The van der Waals surface area contributed by atoms with Crippen molar-refractivity contribution in [2.24, 2.45) is 7.05 Å². The minimum Gasteiger partial charge on any atom is -0.337 e. The Balaban J connectivity index is 2.24. The molecule has 0 aliphatic rings. The lowest BCUT2D eigenvalue weighted by Gasteiger charge is -1.95. The Morgan fingerprint density at radius 1 is 1.62 bits per heavy atom. The van der Waals surface area contributed by atoms with E-state index in [0.717, 1.165) is 5.82 Å². The second-order valence-corrected chi connectivity index (χ2v) is 3.11. The molecule has 0 aliphatic heterocycles. The zero-order valence-corrected chi connectivity index (χ0v) is 7.95. The molecule has 0 fully saturated rings. The minimum atomic E-state index is 0.614. The zero-order chi connectivity index (χ0) is 9.26. The van der Waals surface area contributed by atoms with Gasteiger partial charge in [-0.3, -0.25) is 4.68 Å². The molecule has 0 radical (unpaired) electrons. The molecule has 0 spiro atoms. The second-order valence-electron chi connectivity index (χ2n) is 2.73. The normalized spacial score (nSPS) is 10.5. The van der Waals surface area contributed by atoms with Crippen molar-refractivity contribution in [2.75, 3.05) is 0 Å². The van der Waals surface area contributed by atoms with Crippen LogP contribution in [-0.2, 0) is 13.6 Å². The zero-order valence-electron chi connectivity index (χ0n) is 7.14. The van der Waals surface area contributed by atoms with Gasteiger partial charge in [-0.25, -0.2) is 4.98 Å². The summed E-state index contributed by atoms with van der Waals surface area (Å²) < 4.78 is 4.24. The van der Waals surface area contributed by atoms with E-state index in [1.807, 2.05) is 17.8 Å². The van der Waals surface area contributed by atoms with Crippen molar-refractivity contribution in [1.82, 2.24) is 24.3 Å². The molecule has 0 saturated heterocycles. The first-order valence-electron chi connectivity index (χ1n) is 3.84. The van der Waals surface area contributed by atoms with Crippen LogP contribution in [0.5, 0.6) is 0 Å². The molecule has 5 nitrogen and oxygen atoms in total. The SMILES string of the molecule is Cn1cnc(Cn2cc[nH]c2=S)n1. The van der Waals surface area contributed by atoms with Crippen molar-refractivity contribution < 1.29 is 0 Å². The largest absolute Gasteiger partial charge is 0.337 e. The number of aromatic nitrogens is 5. The molecule has 0 aliphatic carbocycles. The summed E-state index contributed by atoms with van der Waals surface area (Å²) in [7, 11) is 1.84. The fraction of sp³-hybridized carbons (Fsp3) is 0.286. The van der Waals surface area contributed by atoms with Crippen LogP contribution in [0.15, 0.2) is 18.7 Å². The summed E-state index contributed by atoms with van der Waals surface area (Å²) in [5.41, 5.74) is 0. The van der Waals surface area contributed by atoms with Gasteiger partial charge >= 0.3 is 0 Å². The van der Waals surface area contributed by atoms with Crippen LogP contribution < -0.4 is 0 Å². The summed E-state index contributed by atoms with van der Waals surface area (Å²) >= 11 is 5.04.